The summed E-state index contributed by atoms with van der Waals surface area (Å²) in [6, 6.07) is 15.4. The van der Waals surface area contributed by atoms with Gasteiger partial charge < -0.3 is 15.8 Å². The van der Waals surface area contributed by atoms with Crippen LogP contribution in [-0.4, -0.2) is 19.1 Å². The van der Waals surface area contributed by atoms with E-state index in [9.17, 15) is 4.79 Å². The minimum atomic E-state index is -0.110. The highest BCUT2D eigenvalue weighted by Crippen LogP contribution is 2.17. The quantitative estimate of drug-likeness (QED) is 0.765. The number of benzene rings is 2. The molecule has 0 heterocycles. The van der Waals surface area contributed by atoms with Crippen molar-refractivity contribution >= 4 is 24.0 Å². The van der Waals surface area contributed by atoms with Crippen LogP contribution in [-0.2, 0) is 17.6 Å². The Bertz CT molecular complexity index is 615. The van der Waals surface area contributed by atoms with Crippen LogP contribution in [0.2, 0.25) is 0 Å². The van der Waals surface area contributed by atoms with Crippen LogP contribution in [0, 0.1) is 0 Å². The Hall–Kier alpha value is -2.20. The van der Waals surface area contributed by atoms with Crippen LogP contribution in [0.5, 0.6) is 5.75 Å². The Balaban J connectivity index is 0.00000264. The van der Waals surface area contributed by atoms with E-state index in [1.165, 1.54) is 0 Å². The first-order valence-electron chi connectivity index (χ1n) is 7.51. The summed E-state index contributed by atoms with van der Waals surface area (Å²) in [5, 5.41) is 2.86. The number of hydrogen-bond donors (Lipinski definition) is 2. The van der Waals surface area contributed by atoms with Gasteiger partial charge >= 0.3 is 0 Å². The van der Waals surface area contributed by atoms with Gasteiger partial charge in [0.05, 0.1) is 0 Å². The number of para-hydroxylation sites is 1. The number of rotatable bonds is 7. The molecule has 0 saturated carbocycles. The Morgan fingerprint density at radius 1 is 1.13 bits per heavy atom. The summed E-state index contributed by atoms with van der Waals surface area (Å²) >= 11 is 0. The van der Waals surface area contributed by atoms with E-state index in [0.717, 1.165) is 35.4 Å². The van der Waals surface area contributed by atoms with E-state index in [1.54, 1.807) is 0 Å². The van der Waals surface area contributed by atoms with Gasteiger partial charge in [-0.15, -0.1) is 12.4 Å². The normalized spacial score (nSPS) is 9.78. The molecular formula is C18H23ClN2O2. The van der Waals surface area contributed by atoms with Crippen LogP contribution in [0.3, 0.4) is 0 Å². The number of amides is 1. The summed E-state index contributed by atoms with van der Waals surface area (Å²) < 4.78 is 5.58. The highest BCUT2D eigenvalue weighted by molar-refractivity contribution is 5.85. The van der Waals surface area contributed by atoms with Crippen LogP contribution in [0.15, 0.2) is 48.5 Å². The molecular weight excluding hydrogens is 312 g/mol. The molecule has 1 amide bonds. The van der Waals surface area contributed by atoms with Gasteiger partial charge in [-0.25, -0.2) is 0 Å². The van der Waals surface area contributed by atoms with Crippen molar-refractivity contribution in [1.29, 1.82) is 0 Å². The number of carbonyl (C=O) groups is 1. The molecule has 0 aliphatic carbocycles. The first-order chi connectivity index (χ1) is 10.7. The fourth-order valence-electron chi connectivity index (χ4n) is 2.16. The first-order valence-corrected chi connectivity index (χ1v) is 7.51. The van der Waals surface area contributed by atoms with Gasteiger partial charge in [0, 0.05) is 12.2 Å². The number of ether oxygens (including phenoxy) is 1. The number of hydrogen-bond acceptors (Lipinski definition) is 3. The lowest BCUT2D eigenvalue weighted by Gasteiger charge is -2.10. The third-order valence-corrected chi connectivity index (χ3v) is 3.43. The molecule has 0 aliphatic heterocycles. The van der Waals surface area contributed by atoms with Gasteiger partial charge in [0.1, 0.15) is 5.75 Å². The molecule has 0 aliphatic rings. The predicted molar refractivity (Wildman–Crippen MR) is 96.1 cm³/mol. The summed E-state index contributed by atoms with van der Waals surface area (Å²) in [5.41, 5.74) is 8.64. The van der Waals surface area contributed by atoms with E-state index >= 15 is 0 Å². The standard InChI is InChI=1S/C18H22N2O2.ClH/c1-2-15-5-3-4-6-17(15)22-13-18(21)20-12-11-14-7-9-16(19)10-8-14;/h3-10H,2,11-13,19H2,1H3,(H,20,21);1H. The van der Waals surface area contributed by atoms with Crippen molar-refractivity contribution in [3.63, 3.8) is 0 Å². The van der Waals surface area contributed by atoms with Gasteiger partial charge in [0.15, 0.2) is 6.61 Å². The second-order valence-electron chi connectivity index (χ2n) is 5.09. The molecule has 3 N–H and O–H groups in total. The van der Waals surface area contributed by atoms with E-state index in [0.29, 0.717) is 6.54 Å². The van der Waals surface area contributed by atoms with Crippen molar-refractivity contribution in [2.75, 3.05) is 18.9 Å². The molecule has 124 valence electrons. The van der Waals surface area contributed by atoms with Crippen molar-refractivity contribution in [3.8, 4) is 5.75 Å². The number of nitrogens with two attached hydrogens (primary N) is 1. The molecule has 23 heavy (non-hydrogen) atoms. The summed E-state index contributed by atoms with van der Waals surface area (Å²) in [7, 11) is 0. The average Bonchev–Trinajstić information content (AvgIpc) is 2.55. The lowest BCUT2D eigenvalue weighted by Crippen LogP contribution is -2.30. The van der Waals surface area contributed by atoms with E-state index in [4.69, 9.17) is 10.5 Å². The molecule has 0 atom stereocenters. The highest BCUT2D eigenvalue weighted by atomic mass is 35.5. The van der Waals surface area contributed by atoms with Crippen molar-refractivity contribution in [2.24, 2.45) is 0 Å². The Morgan fingerprint density at radius 3 is 2.52 bits per heavy atom. The number of aryl methyl sites for hydroxylation is 1. The molecule has 4 nitrogen and oxygen atoms in total. The third kappa shape index (κ3) is 6.20. The third-order valence-electron chi connectivity index (χ3n) is 3.43. The molecule has 0 radical (unpaired) electrons. The van der Waals surface area contributed by atoms with E-state index in [1.807, 2.05) is 48.5 Å². The maximum atomic E-state index is 11.8. The Kier molecular flexibility index (Phi) is 7.98. The zero-order valence-electron chi connectivity index (χ0n) is 13.2. The minimum absolute atomic E-state index is 0. The fourth-order valence-corrected chi connectivity index (χ4v) is 2.16. The molecule has 0 bridgehead atoms. The summed E-state index contributed by atoms with van der Waals surface area (Å²) in [6.07, 6.45) is 1.66. The second-order valence-corrected chi connectivity index (χ2v) is 5.09. The summed E-state index contributed by atoms with van der Waals surface area (Å²) in [5.74, 6) is 0.667. The van der Waals surface area contributed by atoms with Crippen molar-refractivity contribution in [1.82, 2.24) is 5.32 Å². The number of nitrogens with one attached hydrogen (secondary N) is 1. The minimum Gasteiger partial charge on any atom is -0.483 e. The van der Waals surface area contributed by atoms with Gasteiger partial charge in [-0.3, -0.25) is 4.79 Å². The molecule has 0 fully saturated rings. The Labute approximate surface area is 143 Å². The van der Waals surface area contributed by atoms with Crippen LogP contribution in [0.25, 0.3) is 0 Å². The van der Waals surface area contributed by atoms with Crippen LogP contribution >= 0.6 is 12.4 Å². The number of carbonyl (C=O) groups excluding carboxylic acids is 1. The SMILES string of the molecule is CCc1ccccc1OCC(=O)NCCc1ccc(N)cc1.Cl. The smallest absolute Gasteiger partial charge is 0.257 e. The van der Waals surface area contributed by atoms with Gasteiger partial charge in [-0.2, -0.15) is 0 Å². The number of anilines is 1. The molecule has 5 heteroatoms. The van der Waals surface area contributed by atoms with E-state index < -0.39 is 0 Å². The van der Waals surface area contributed by atoms with Crippen molar-refractivity contribution in [3.05, 3.63) is 59.7 Å². The maximum Gasteiger partial charge on any atom is 0.257 e. The van der Waals surface area contributed by atoms with Crippen molar-refractivity contribution < 1.29 is 9.53 Å². The zero-order valence-corrected chi connectivity index (χ0v) is 14.1. The summed E-state index contributed by atoms with van der Waals surface area (Å²) in [6.45, 7) is 2.69. The highest BCUT2D eigenvalue weighted by Gasteiger charge is 2.05. The largest absolute Gasteiger partial charge is 0.483 e. The second kappa shape index (κ2) is 9.74. The maximum absolute atomic E-state index is 11.8. The first kappa shape index (κ1) is 18.8. The van der Waals surface area contributed by atoms with Crippen LogP contribution in [0.1, 0.15) is 18.1 Å². The monoisotopic (exact) mass is 334 g/mol. The van der Waals surface area contributed by atoms with Crippen LogP contribution in [0.4, 0.5) is 5.69 Å². The van der Waals surface area contributed by atoms with E-state index in [-0.39, 0.29) is 24.9 Å². The number of halogens is 1. The molecule has 2 rings (SSSR count). The lowest BCUT2D eigenvalue weighted by molar-refractivity contribution is -0.123. The molecule has 0 unspecified atom stereocenters. The average molecular weight is 335 g/mol. The molecule has 0 saturated heterocycles. The lowest BCUT2D eigenvalue weighted by atomic mass is 10.1. The summed E-state index contributed by atoms with van der Waals surface area (Å²) in [4.78, 5) is 11.8. The topological polar surface area (TPSA) is 64.3 Å². The van der Waals surface area contributed by atoms with Gasteiger partial charge in [-0.05, 0) is 42.2 Å². The number of nitrogen functional groups attached to an aromatic ring is 1. The van der Waals surface area contributed by atoms with Crippen molar-refractivity contribution in [2.45, 2.75) is 19.8 Å². The molecule has 2 aromatic carbocycles. The van der Waals surface area contributed by atoms with Gasteiger partial charge in [-0.1, -0.05) is 37.3 Å². The van der Waals surface area contributed by atoms with Gasteiger partial charge in [0.2, 0.25) is 0 Å². The zero-order chi connectivity index (χ0) is 15.8. The fraction of sp³-hybridized carbons (Fsp3) is 0.278. The predicted octanol–water partition coefficient (Wildman–Crippen LogP) is 2.99. The van der Waals surface area contributed by atoms with E-state index in [2.05, 4.69) is 12.2 Å². The molecule has 2 aromatic rings. The molecule has 0 spiro atoms. The Morgan fingerprint density at radius 2 is 1.83 bits per heavy atom. The van der Waals surface area contributed by atoms with Crippen LogP contribution < -0.4 is 15.8 Å². The van der Waals surface area contributed by atoms with Gasteiger partial charge in [0.25, 0.3) is 5.91 Å². The molecule has 0 aromatic heterocycles.